The SMILES string of the molecule is CC(C)(C)[Si](C)(C)OCCOc1cccnc1C#N. The van der Waals surface area contributed by atoms with Gasteiger partial charge >= 0.3 is 0 Å². The lowest BCUT2D eigenvalue weighted by atomic mass is 10.2. The molecule has 1 aromatic rings. The fourth-order valence-corrected chi connectivity index (χ4v) is 2.28. The standard InChI is InChI=1S/C14H22N2O2Si/c1-14(2,3)19(4,5)18-10-9-17-13-7-6-8-16-12(13)11-15/h6-8H,9-10H2,1-5H3. The minimum atomic E-state index is -1.73. The number of nitrogens with zero attached hydrogens (tertiary/aromatic N) is 2. The molecule has 0 saturated carbocycles. The molecule has 0 N–H and O–H groups in total. The largest absolute Gasteiger partial charge is 0.488 e. The van der Waals surface area contributed by atoms with Gasteiger partial charge < -0.3 is 9.16 Å². The van der Waals surface area contributed by atoms with Gasteiger partial charge in [0.25, 0.3) is 0 Å². The van der Waals surface area contributed by atoms with Crippen LogP contribution in [0.5, 0.6) is 5.75 Å². The Morgan fingerprint density at radius 1 is 1.32 bits per heavy atom. The molecule has 1 aromatic heterocycles. The number of hydrogen-bond donors (Lipinski definition) is 0. The number of hydrogen-bond acceptors (Lipinski definition) is 4. The van der Waals surface area contributed by atoms with Gasteiger partial charge in [-0.1, -0.05) is 20.8 Å². The van der Waals surface area contributed by atoms with Crippen LogP contribution >= 0.6 is 0 Å². The van der Waals surface area contributed by atoms with Crippen molar-refractivity contribution in [3.63, 3.8) is 0 Å². The van der Waals surface area contributed by atoms with Crippen LogP contribution in [0.2, 0.25) is 18.1 Å². The minimum Gasteiger partial charge on any atom is -0.488 e. The van der Waals surface area contributed by atoms with Crippen LogP contribution in [0.15, 0.2) is 18.3 Å². The first kappa shape index (κ1) is 15.7. The third-order valence-electron chi connectivity index (χ3n) is 3.49. The topological polar surface area (TPSA) is 55.1 Å². The van der Waals surface area contributed by atoms with E-state index >= 15 is 0 Å². The average molecular weight is 278 g/mol. The van der Waals surface area contributed by atoms with Crippen molar-refractivity contribution in [3.8, 4) is 11.8 Å². The number of aromatic nitrogens is 1. The van der Waals surface area contributed by atoms with Crippen LogP contribution in [-0.2, 0) is 4.43 Å². The second-order valence-electron chi connectivity index (χ2n) is 5.92. The van der Waals surface area contributed by atoms with Gasteiger partial charge in [-0.15, -0.1) is 0 Å². The van der Waals surface area contributed by atoms with Crippen LogP contribution in [0.25, 0.3) is 0 Å². The maximum Gasteiger partial charge on any atom is 0.192 e. The zero-order valence-corrected chi connectivity index (χ0v) is 13.4. The van der Waals surface area contributed by atoms with Crippen LogP contribution in [-0.4, -0.2) is 26.5 Å². The Kier molecular flexibility index (Phi) is 5.09. The van der Waals surface area contributed by atoms with Crippen molar-refractivity contribution in [1.29, 1.82) is 5.26 Å². The van der Waals surface area contributed by atoms with Gasteiger partial charge in [0.15, 0.2) is 19.8 Å². The summed E-state index contributed by atoms with van der Waals surface area (Å²) in [5.41, 5.74) is 0.315. The van der Waals surface area contributed by atoms with Gasteiger partial charge in [0.05, 0.1) is 6.61 Å². The molecule has 0 aliphatic rings. The molecule has 0 aliphatic heterocycles. The van der Waals surface area contributed by atoms with Gasteiger partial charge in [0.2, 0.25) is 0 Å². The minimum absolute atomic E-state index is 0.194. The molecule has 4 nitrogen and oxygen atoms in total. The van der Waals surface area contributed by atoms with Crippen molar-refractivity contribution in [3.05, 3.63) is 24.0 Å². The normalized spacial score (nSPS) is 12.0. The van der Waals surface area contributed by atoms with E-state index in [9.17, 15) is 0 Å². The predicted molar refractivity (Wildman–Crippen MR) is 77.6 cm³/mol. The Hall–Kier alpha value is -1.38. The van der Waals surface area contributed by atoms with Crippen LogP contribution in [0.1, 0.15) is 26.5 Å². The number of rotatable bonds is 5. The number of nitriles is 1. The molecule has 0 radical (unpaired) electrons. The zero-order valence-electron chi connectivity index (χ0n) is 12.4. The summed E-state index contributed by atoms with van der Waals surface area (Å²) in [6, 6.07) is 5.51. The summed E-state index contributed by atoms with van der Waals surface area (Å²) in [6.07, 6.45) is 1.58. The van der Waals surface area contributed by atoms with E-state index in [2.05, 4.69) is 38.8 Å². The van der Waals surface area contributed by atoms with Crippen molar-refractivity contribution < 1.29 is 9.16 Å². The Morgan fingerprint density at radius 3 is 2.58 bits per heavy atom. The molecular weight excluding hydrogens is 256 g/mol. The Morgan fingerprint density at radius 2 is 2.00 bits per heavy atom. The molecule has 19 heavy (non-hydrogen) atoms. The lowest BCUT2D eigenvalue weighted by Gasteiger charge is -2.36. The van der Waals surface area contributed by atoms with E-state index in [1.165, 1.54) is 0 Å². The Balaban J connectivity index is 2.46. The third-order valence-corrected chi connectivity index (χ3v) is 8.02. The lowest BCUT2D eigenvalue weighted by molar-refractivity contribution is 0.203. The molecule has 0 fully saturated rings. The fraction of sp³-hybridized carbons (Fsp3) is 0.571. The summed E-state index contributed by atoms with van der Waals surface area (Å²) in [5.74, 6) is 0.517. The molecule has 5 heteroatoms. The van der Waals surface area contributed by atoms with Crippen LogP contribution in [0.4, 0.5) is 0 Å². The van der Waals surface area contributed by atoms with Gasteiger partial charge in [-0.25, -0.2) is 4.98 Å². The maximum atomic E-state index is 8.89. The molecule has 104 valence electrons. The van der Waals surface area contributed by atoms with Crippen molar-refractivity contribution >= 4 is 8.32 Å². The van der Waals surface area contributed by atoms with Crippen molar-refractivity contribution in [2.24, 2.45) is 0 Å². The van der Waals surface area contributed by atoms with E-state index in [-0.39, 0.29) is 5.04 Å². The predicted octanol–water partition coefficient (Wildman–Crippen LogP) is 3.35. The second kappa shape index (κ2) is 6.18. The molecule has 0 aliphatic carbocycles. The summed E-state index contributed by atoms with van der Waals surface area (Å²) in [4.78, 5) is 3.95. The van der Waals surface area contributed by atoms with Crippen molar-refractivity contribution in [2.45, 2.75) is 38.9 Å². The highest BCUT2D eigenvalue weighted by molar-refractivity contribution is 6.74. The Bertz CT molecular complexity index is 461. The van der Waals surface area contributed by atoms with E-state index in [1.54, 1.807) is 18.3 Å². The highest BCUT2D eigenvalue weighted by atomic mass is 28.4. The Labute approximate surface area is 116 Å². The molecule has 0 amide bonds. The monoisotopic (exact) mass is 278 g/mol. The molecule has 0 unspecified atom stereocenters. The van der Waals surface area contributed by atoms with Crippen LogP contribution in [0, 0.1) is 11.3 Å². The summed E-state index contributed by atoms with van der Waals surface area (Å²) >= 11 is 0. The molecule has 0 saturated heterocycles. The highest BCUT2D eigenvalue weighted by Gasteiger charge is 2.36. The lowest BCUT2D eigenvalue weighted by Crippen LogP contribution is -2.41. The first-order valence-electron chi connectivity index (χ1n) is 6.40. The van der Waals surface area contributed by atoms with Gasteiger partial charge in [-0.2, -0.15) is 5.26 Å². The molecule has 1 heterocycles. The third kappa shape index (κ3) is 4.34. The quantitative estimate of drug-likeness (QED) is 0.612. The summed E-state index contributed by atoms with van der Waals surface area (Å²) < 4.78 is 11.5. The van der Waals surface area contributed by atoms with E-state index in [0.717, 1.165) is 0 Å². The molecule has 0 atom stereocenters. The van der Waals surface area contributed by atoms with E-state index < -0.39 is 8.32 Å². The number of pyridine rings is 1. The first-order valence-corrected chi connectivity index (χ1v) is 9.30. The van der Waals surface area contributed by atoms with E-state index in [1.807, 2.05) is 6.07 Å². The van der Waals surface area contributed by atoms with Crippen LogP contribution in [0.3, 0.4) is 0 Å². The maximum absolute atomic E-state index is 8.89. The zero-order chi connectivity index (χ0) is 14.5. The molecule has 0 aromatic carbocycles. The molecule has 0 spiro atoms. The van der Waals surface area contributed by atoms with Gasteiger partial charge in [-0.3, -0.25) is 0 Å². The van der Waals surface area contributed by atoms with Gasteiger partial charge in [-0.05, 0) is 30.3 Å². The number of ether oxygens (including phenoxy) is 1. The second-order valence-corrected chi connectivity index (χ2v) is 10.7. The molecule has 1 rings (SSSR count). The summed E-state index contributed by atoms with van der Waals surface area (Å²) in [5, 5.41) is 9.09. The van der Waals surface area contributed by atoms with Crippen LogP contribution < -0.4 is 4.74 Å². The smallest absolute Gasteiger partial charge is 0.192 e. The fourth-order valence-electron chi connectivity index (χ4n) is 1.26. The summed E-state index contributed by atoms with van der Waals surface area (Å²) in [6.45, 7) is 12.0. The average Bonchev–Trinajstić information content (AvgIpc) is 2.33. The molecule has 0 bridgehead atoms. The van der Waals surface area contributed by atoms with Crippen molar-refractivity contribution in [2.75, 3.05) is 13.2 Å². The summed E-state index contributed by atoms with van der Waals surface area (Å²) in [7, 11) is -1.73. The highest BCUT2D eigenvalue weighted by Crippen LogP contribution is 2.36. The van der Waals surface area contributed by atoms with Gasteiger partial charge in [0, 0.05) is 6.20 Å². The first-order chi connectivity index (χ1) is 8.78. The van der Waals surface area contributed by atoms with Crippen molar-refractivity contribution in [1.82, 2.24) is 4.98 Å². The molecular formula is C14H22N2O2Si. The van der Waals surface area contributed by atoms with E-state index in [4.69, 9.17) is 14.4 Å². The van der Waals surface area contributed by atoms with Gasteiger partial charge in [0.1, 0.15) is 12.7 Å². The van der Waals surface area contributed by atoms with E-state index in [0.29, 0.717) is 24.7 Å².